The Balaban J connectivity index is 1.49. The second kappa shape index (κ2) is 5.79. The molecule has 0 radical (unpaired) electrons. The highest BCUT2D eigenvalue weighted by molar-refractivity contribution is 5.93. The lowest BCUT2D eigenvalue weighted by molar-refractivity contribution is 0.0705. The van der Waals surface area contributed by atoms with E-state index in [1.807, 2.05) is 23.7 Å². The number of rotatable bonds is 3. The molecule has 26 heavy (non-hydrogen) atoms. The van der Waals surface area contributed by atoms with Gasteiger partial charge in [0.15, 0.2) is 11.5 Å². The van der Waals surface area contributed by atoms with Gasteiger partial charge in [-0.3, -0.25) is 9.89 Å². The van der Waals surface area contributed by atoms with Crippen LogP contribution in [0.4, 0.5) is 5.82 Å². The number of likely N-dealkylation sites (N-methyl/N-ethyl adjacent to an activating group) is 1. The maximum absolute atomic E-state index is 12.4. The van der Waals surface area contributed by atoms with Crippen molar-refractivity contribution in [1.82, 2.24) is 34.9 Å². The van der Waals surface area contributed by atoms with Gasteiger partial charge < -0.3 is 9.80 Å². The first-order valence-electron chi connectivity index (χ1n) is 8.58. The summed E-state index contributed by atoms with van der Waals surface area (Å²) in [6.45, 7) is 7.76. The molecule has 1 aliphatic heterocycles. The Morgan fingerprint density at radius 1 is 1.27 bits per heavy atom. The highest BCUT2D eigenvalue weighted by Gasteiger charge is 2.34. The number of nitrogens with zero attached hydrogens (tertiary/aromatic N) is 7. The number of aromatic amines is 1. The van der Waals surface area contributed by atoms with Gasteiger partial charge in [0.25, 0.3) is 5.91 Å². The molecule has 0 unspecified atom stereocenters. The Morgan fingerprint density at radius 2 is 2.04 bits per heavy atom. The molecule has 0 aliphatic carbocycles. The van der Waals surface area contributed by atoms with Crippen molar-refractivity contribution in [3.8, 4) is 0 Å². The number of anilines is 1. The van der Waals surface area contributed by atoms with Crippen LogP contribution < -0.4 is 4.90 Å². The van der Waals surface area contributed by atoms with E-state index < -0.39 is 0 Å². The molecule has 136 valence electrons. The van der Waals surface area contributed by atoms with Crippen molar-refractivity contribution in [2.45, 2.75) is 32.2 Å². The van der Waals surface area contributed by atoms with E-state index in [-0.39, 0.29) is 17.4 Å². The van der Waals surface area contributed by atoms with Crippen LogP contribution in [-0.2, 0) is 5.41 Å². The standard InChI is InChI=1S/C17H22N8O/c1-17(2,3)16-21-20-13-5-6-14(22-25(13)16)24-9-12(10-24)23(4)15(26)11-7-18-19-8-11/h5-8,12H,9-10H2,1-4H3,(H,18,19). The average Bonchev–Trinajstić information content (AvgIpc) is 3.21. The molecule has 0 saturated carbocycles. The van der Waals surface area contributed by atoms with Crippen molar-refractivity contribution < 1.29 is 4.79 Å². The second-order valence-corrected chi connectivity index (χ2v) is 7.70. The second-order valence-electron chi connectivity index (χ2n) is 7.70. The fourth-order valence-electron chi connectivity index (χ4n) is 3.04. The van der Waals surface area contributed by atoms with Crippen LogP contribution in [0.5, 0.6) is 0 Å². The summed E-state index contributed by atoms with van der Waals surface area (Å²) in [4.78, 5) is 16.3. The first kappa shape index (κ1) is 16.5. The normalized spacial score (nSPS) is 15.3. The number of aromatic nitrogens is 6. The fourth-order valence-corrected chi connectivity index (χ4v) is 3.04. The summed E-state index contributed by atoms with van der Waals surface area (Å²) < 4.78 is 1.81. The molecule has 1 amide bonds. The van der Waals surface area contributed by atoms with Crippen LogP contribution >= 0.6 is 0 Å². The fraction of sp³-hybridized carbons (Fsp3) is 0.471. The molecule has 0 atom stereocenters. The third-order valence-corrected chi connectivity index (χ3v) is 4.72. The van der Waals surface area contributed by atoms with E-state index >= 15 is 0 Å². The largest absolute Gasteiger partial charge is 0.351 e. The van der Waals surface area contributed by atoms with Crippen LogP contribution in [0.1, 0.15) is 37.0 Å². The van der Waals surface area contributed by atoms with Crippen LogP contribution in [0.2, 0.25) is 0 Å². The number of H-pyrrole nitrogens is 1. The van der Waals surface area contributed by atoms with E-state index in [1.165, 1.54) is 0 Å². The zero-order chi connectivity index (χ0) is 18.5. The monoisotopic (exact) mass is 354 g/mol. The topological polar surface area (TPSA) is 95.3 Å². The molecule has 0 aromatic carbocycles. The number of hydrogen-bond acceptors (Lipinski definition) is 6. The predicted octanol–water partition coefficient (Wildman–Crippen LogP) is 1.11. The Hall–Kier alpha value is -2.97. The summed E-state index contributed by atoms with van der Waals surface area (Å²) >= 11 is 0. The first-order valence-corrected chi connectivity index (χ1v) is 8.58. The van der Waals surface area contributed by atoms with Gasteiger partial charge in [0.05, 0.1) is 17.8 Å². The van der Waals surface area contributed by atoms with Crippen LogP contribution in [0.25, 0.3) is 5.65 Å². The van der Waals surface area contributed by atoms with Crippen LogP contribution in [0.15, 0.2) is 24.5 Å². The van der Waals surface area contributed by atoms with Gasteiger partial charge in [-0.2, -0.15) is 9.61 Å². The van der Waals surface area contributed by atoms with Gasteiger partial charge in [-0.05, 0) is 12.1 Å². The van der Waals surface area contributed by atoms with Gasteiger partial charge >= 0.3 is 0 Å². The number of hydrogen-bond donors (Lipinski definition) is 1. The van der Waals surface area contributed by atoms with Gasteiger partial charge in [0, 0.05) is 31.7 Å². The highest BCUT2D eigenvalue weighted by Crippen LogP contribution is 2.25. The number of fused-ring (bicyclic) bond motifs is 1. The zero-order valence-electron chi connectivity index (χ0n) is 15.3. The Morgan fingerprint density at radius 3 is 2.69 bits per heavy atom. The lowest BCUT2D eigenvalue weighted by Crippen LogP contribution is -2.60. The van der Waals surface area contributed by atoms with E-state index in [9.17, 15) is 4.79 Å². The van der Waals surface area contributed by atoms with E-state index in [2.05, 4.69) is 46.1 Å². The molecule has 0 spiro atoms. The van der Waals surface area contributed by atoms with Crippen molar-refractivity contribution in [2.24, 2.45) is 0 Å². The van der Waals surface area contributed by atoms with Gasteiger partial charge in [-0.1, -0.05) is 20.8 Å². The zero-order valence-corrected chi connectivity index (χ0v) is 15.3. The van der Waals surface area contributed by atoms with Crippen LogP contribution in [-0.4, -0.2) is 67.0 Å². The van der Waals surface area contributed by atoms with E-state index in [0.717, 1.165) is 30.4 Å². The van der Waals surface area contributed by atoms with Crippen molar-refractivity contribution >= 4 is 17.4 Å². The smallest absolute Gasteiger partial charge is 0.257 e. The van der Waals surface area contributed by atoms with Gasteiger partial charge in [0.1, 0.15) is 5.82 Å². The molecule has 1 N–H and O–H groups in total. The molecule has 4 heterocycles. The highest BCUT2D eigenvalue weighted by atomic mass is 16.2. The minimum atomic E-state index is -0.139. The van der Waals surface area contributed by atoms with Crippen LogP contribution in [0.3, 0.4) is 0 Å². The predicted molar refractivity (Wildman–Crippen MR) is 96.2 cm³/mol. The van der Waals surface area contributed by atoms with Gasteiger partial charge in [0.2, 0.25) is 0 Å². The maximum atomic E-state index is 12.4. The molecule has 3 aromatic heterocycles. The van der Waals surface area contributed by atoms with Crippen molar-refractivity contribution in [3.63, 3.8) is 0 Å². The number of carbonyl (C=O) groups excluding carboxylic acids is 1. The number of nitrogens with one attached hydrogen (secondary N) is 1. The van der Waals surface area contributed by atoms with Gasteiger partial charge in [-0.25, -0.2) is 0 Å². The van der Waals surface area contributed by atoms with Crippen LogP contribution in [0, 0.1) is 0 Å². The molecule has 4 rings (SSSR count). The summed E-state index contributed by atoms with van der Waals surface area (Å²) in [6, 6.07) is 4.03. The summed E-state index contributed by atoms with van der Waals surface area (Å²) in [6.07, 6.45) is 3.16. The molecule has 3 aromatic rings. The Kier molecular flexibility index (Phi) is 3.67. The van der Waals surface area contributed by atoms with E-state index in [0.29, 0.717) is 5.56 Å². The maximum Gasteiger partial charge on any atom is 0.257 e. The molecule has 1 saturated heterocycles. The number of amides is 1. The first-order chi connectivity index (χ1) is 12.3. The minimum absolute atomic E-state index is 0.0272. The summed E-state index contributed by atoms with van der Waals surface area (Å²) in [5.41, 5.74) is 1.17. The Bertz CT molecular complexity index is 933. The molecule has 0 bridgehead atoms. The van der Waals surface area contributed by atoms with Crippen molar-refractivity contribution in [1.29, 1.82) is 0 Å². The number of carbonyl (C=O) groups is 1. The third kappa shape index (κ3) is 2.69. The lowest BCUT2D eigenvalue weighted by atomic mass is 9.96. The third-order valence-electron chi connectivity index (χ3n) is 4.72. The molecule has 9 heteroatoms. The van der Waals surface area contributed by atoms with Gasteiger partial charge in [-0.15, -0.1) is 15.3 Å². The average molecular weight is 354 g/mol. The minimum Gasteiger partial charge on any atom is -0.351 e. The van der Waals surface area contributed by atoms with Crippen molar-refractivity contribution in [3.05, 3.63) is 35.9 Å². The van der Waals surface area contributed by atoms with E-state index in [4.69, 9.17) is 5.10 Å². The molecular weight excluding hydrogens is 332 g/mol. The summed E-state index contributed by atoms with van der Waals surface area (Å²) in [7, 11) is 1.82. The summed E-state index contributed by atoms with van der Waals surface area (Å²) in [5, 5.41) is 19.7. The Labute approximate surface area is 151 Å². The summed E-state index contributed by atoms with van der Waals surface area (Å²) in [5.74, 6) is 1.67. The molecular formula is C17H22N8O. The molecule has 1 aliphatic rings. The molecule has 9 nitrogen and oxygen atoms in total. The van der Waals surface area contributed by atoms with Crippen molar-refractivity contribution in [2.75, 3.05) is 25.0 Å². The van der Waals surface area contributed by atoms with E-state index in [1.54, 1.807) is 17.3 Å². The quantitative estimate of drug-likeness (QED) is 0.757. The SMILES string of the molecule is CN(C(=O)c1cn[nH]c1)C1CN(c2ccc3nnc(C(C)(C)C)n3n2)C1. The molecule has 1 fully saturated rings. The lowest BCUT2D eigenvalue weighted by Gasteiger charge is -2.44.